The van der Waals surface area contributed by atoms with E-state index in [0.29, 0.717) is 10.5 Å². The average molecular weight is 349 g/mol. The molecule has 0 spiro atoms. The standard InChI is InChI=1S/C15H9BrO3S/c16-9-5-6-12-11(7-9)14(8-19-12)20-13-4-2-1-3-10(13)15(17)18/h1-8H,(H,17,18). The van der Waals surface area contributed by atoms with Gasteiger partial charge in [-0.3, -0.25) is 0 Å². The molecule has 3 rings (SSSR count). The number of fused-ring (bicyclic) bond motifs is 1. The summed E-state index contributed by atoms with van der Waals surface area (Å²) in [5.41, 5.74) is 1.07. The molecule has 0 aliphatic rings. The maximum Gasteiger partial charge on any atom is 0.336 e. The minimum Gasteiger partial charge on any atom is -0.478 e. The van der Waals surface area contributed by atoms with E-state index in [1.165, 1.54) is 11.8 Å². The van der Waals surface area contributed by atoms with Gasteiger partial charge in [0.15, 0.2) is 0 Å². The van der Waals surface area contributed by atoms with Crippen molar-refractivity contribution in [3.8, 4) is 0 Å². The zero-order chi connectivity index (χ0) is 14.1. The molecule has 0 unspecified atom stereocenters. The van der Waals surface area contributed by atoms with Crippen molar-refractivity contribution in [3.05, 3.63) is 58.8 Å². The first-order valence-corrected chi connectivity index (χ1v) is 7.43. The average Bonchev–Trinajstić information content (AvgIpc) is 2.82. The van der Waals surface area contributed by atoms with Crippen molar-refractivity contribution in [1.82, 2.24) is 0 Å². The summed E-state index contributed by atoms with van der Waals surface area (Å²) in [5.74, 6) is -0.929. The predicted molar refractivity (Wildman–Crippen MR) is 81.4 cm³/mol. The Morgan fingerprint density at radius 3 is 2.75 bits per heavy atom. The fraction of sp³-hybridized carbons (Fsp3) is 0. The van der Waals surface area contributed by atoms with Crippen molar-refractivity contribution < 1.29 is 14.3 Å². The Balaban J connectivity index is 2.06. The zero-order valence-electron chi connectivity index (χ0n) is 10.2. The lowest BCUT2D eigenvalue weighted by Crippen LogP contribution is -1.97. The van der Waals surface area contributed by atoms with Gasteiger partial charge < -0.3 is 9.52 Å². The molecule has 0 atom stereocenters. The molecule has 1 aromatic heterocycles. The van der Waals surface area contributed by atoms with Crippen molar-refractivity contribution in [2.75, 3.05) is 0 Å². The third-order valence-electron chi connectivity index (χ3n) is 2.84. The molecular formula is C15H9BrO3S. The lowest BCUT2D eigenvalue weighted by atomic mass is 10.2. The van der Waals surface area contributed by atoms with Crippen LogP contribution in [0.3, 0.4) is 0 Å². The molecule has 0 aliphatic carbocycles. The number of aromatic carboxylic acids is 1. The van der Waals surface area contributed by atoms with Crippen LogP contribution in [0.5, 0.6) is 0 Å². The summed E-state index contributed by atoms with van der Waals surface area (Å²) in [4.78, 5) is 12.8. The molecule has 5 heteroatoms. The van der Waals surface area contributed by atoms with Crippen LogP contribution in [0, 0.1) is 0 Å². The topological polar surface area (TPSA) is 50.4 Å². The van der Waals surface area contributed by atoms with E-state index in [1.54, 1.807) is 24.5 Å². The molecule has 100 valence electrons. The Morgan fingerprint density at radius 1 is 1.15 bits per heavy atom. The van der Waals surface area contributed by atoms with Crippen LogP contribution in [0.1, 0.15) is 10.4 Å². The summed E-state index contributed by atoms with van der Waals surface area (Å²) in [5, 5.41) is 10.2. The van der Waals surface area contributed by atoms with E-state index in [2.05, 4.69) is 15.9 Å². The number of carboxylic acids is 1. The fourth-order valence-corrected chi connectivity index (χ4v) is 3.28. The van der Waals surface area contributed by atoms with Gasteiger partial charge in [-0.05, 0) is 30.3 Å². The molecule has 0 saturated heterocycles. The third kappa shape index (κ3) is 2.46. The van der Waals surface area contributed by atoms with E-state index in [-0.39, 0.29) is 0 Å². The van der Waals surface area contributed by atoms with E-state index in [9.17, 15) is 9.90 Å². The molecule has 20 heavy (non-hydrogen) atoms. The monoisotopic (exact) mass is 348 g/mol. The second-order valence-electron chi connectivity index (χ2n) is 4.14. The maximum absolute atomic E-state index is 11.2. The fourth-order valence-electron chi connectivity index (χ4n) is 1.91. The Labute approximate surface area is 127 Å². The number of rotatable bonds is 3. The second kappa shape index (κ2) is 5.34. The lowest BCUT2D eigenvalue weighted by molar-refractivity contribution is 0.0693. The molecule has 1 N–H and O–H groups in total. The first kappa shape index (κ1) is 13.3. The molecule has 0 bridgehead atoms. The molecule has 1 heterocycles. The molecule has 0 aliphatic heterocycles. The zero-order valence-corrected chi connectivity index (χ0v) is 12.6. The molecule has 0 radical (unpaired) electrons. The van der Waals surface area contributed by atoms with Gasteiger partial charge in [0.1, 0.15) is 11.8 Å². The van der Waals surface area contributed by atoms with Crippen LogP contribution in [-0.4, -0.2) is 11.1 Å². The highest BCUT2D eigenvalue weighted by Crippen LogP contribution is 2.37. The van der Waals surface area contributed by atoms with Crippen LogP contribution < -0.4 is 0 Å². The quantitative estimate of drug-likeness (QED) is 0.719. The van der Waals surface area contributed by atoms with E-state index in [0.717, 1.165) is 20.3 Å². The van der Waals surface area contributed by atoms with Crippen molar-refractivity contribution in [3.63, 3.8) is 0 Å². The molecule has 3 nitrogen and oxygen atoms in total. The Morgan fingerprint density at radius 2 is 1.95 bits per heavy atom. The lowest BCUT2D eigenvalue weighted by Gasteiger charge is -2.04. The van der Waals surface area contributed by atoms with Crippen LogP contribution in [0.4, 0.5) is 0 Å². The minimum absolute atomic E-state index is 0.293. The van der Waals surface area contributed by atoms with Crippen LogP contribution in [0.25, 0.3) is 11.0 Å². The van der Waals surface area contributed by atoms with Gasteiger partial charge in [-0.25, -0.2) is 4.79 Å². The summed E-state index contributed by atoms with van der Waals surface area (Å²) < 4.78 is 6.45. The largest absolute Gasteiger partial charge is 0.478 e. The van der Waals surface area contributed by atoms with Crippen LogP contribution in [-0.2, 0) is 0 Å². The number of hydrogen-bond acceptors (Lipinski definition) is 3. The van der Waals surface area contributed by atoms with Gasteiger partial charge in [0, 0.05) is 14.8 Å². The van der Waals surface area contributed by atoms with Gasteiger partial charge in [-0.2, -0.15) is 0 Å². The van der Waals surface area contributed by atoms with Crippen LogP contribution in [0.15, 0.2) is 67.4 Å². The van der Waals surface area contributed by atoms with Gasteiger partial charge in [-0.15, -0.1) is 0 Å². The molecule has 3 aromatic rings. The molecular weight excluding hydrogens is 340 g/mol. The van der Waals surface area contributed by atoms with E-state index in [4.69, 9.17) is 4.42 Å². The van der Waals surface area contributed by atoms with Crippen molar-refractivity contribution in [2.45, 2.75) is 9.79 Å². The molecule has 0 saturated carbocycles. The smallest absolute Gasteiger partial charge is 0.336 e. The summed E-state index contributed by atoms with van der Waals surface area (Å²) in [7, 11) is 0. The Bertz CT molecular complexity index is 795. The normalized spacial score (nSPS) is 10.8. The highest BCUT2D eigenvalue weighted by Gasteiger charge is 2.13. The summed E-state index contributed by atoms with van der Waals surface area (Å²) in [6.45, 7) is 0. The summed E-state index contributed by atoms with van der Waals surface area (Å²) >= 11 is 4.82. The third-order valence-corrected chi connectivity index (χ3v) is 4.44. The highest BCUT2D eigenvalue weighted by atomic mass is 79.9. The SMILES string of the molecule is O=C(O)c1ccccc1Sc1coc2ccc(Br)cc12. The first-order valence-electron chi connectivity index (χ1n) is 5.82. The van der Waals surface area contributed by atoms with Crippen LogP contribution in [0.2, 0.25) is 0 Å². The number of carboxylic acid groups (broad SMARTS) is 1. The van der Waals surface area contributed by atoms with Crippen molar-refractivity contribution in [2.24, 2.45) is 0 Å². The van der Waals surface area contributed by atoms with Gasteiger partial charge >= 0.3 is 5.97 Å². The predicted octanol–water partition coefficient (Wildman–Crippen LogP) is 5.04. The Hall–Kier alpha value is -1.72. The molecule has 0 amide bonds. The number of benzene rings is 2. The number of halogens is 1. The van der Waals surface area contributed by atoms with E-state index >= 15 is 0 Å². The number of furan rings is 1. The minimum atomic E-state index is -0.929. The number of hydrogen-bond donors (Lipinski definition) is 1. The van der Waals surface area contributed by atoms with Gasteiger partial charge in [0.25, 0.3) is 0 Å². The summed E-state index contributed by atoms with van der Waals surface area (Å²) in [6.07, 6.45) is 1.65. The van der Waals surface area contributed by atoms with Gasteiger partial charge in [0.2, 0.25) is 0 Å². The maximum atomic E-state index is 11.2. The summed E-state index contributed by atoms with van der Waals surface area (Å²) in [6, 6.07) is 12.7. The molecule has 0 fully saturated rings. The van der Waals surface area contributed by atoms with Gasteiger partial charge in [-0.1, -0.05) is 39.8 Å². The van der Waals surface area contributed by atoms with Gasteiger partial charge in [0.05, 0.1) is 10.5 Å². The Kier molecular flexibility index (Phi) is 3.54. The van der Waals surface area contributed by atoms with Crippen molar-refractivity contribution in [1.29, 1.82) is 0 Å². The molecule has 2 aromatic carbocycles. The first-order chi connectivity index (χ1) is 9.65. The van der Waals surface area contributed by atoms with E-state index in [1.807, 2.05) is 24.3 Å². The van der Waals surface area contributed by atoms with Crippen molar-refractivity contribution >= 4 is 44.6 Å². The number of carbonyl (C=O) groups is 1. The van der Waals surface area contributed by atoms with Crippen LogP contribution >= 0.6 is 27.7 Å². The highest BCUT2D eigenvalue weighted by molar-refractivity contribution is 9.10. The second-order valence-corrected chi connectivity index (χ2v) is 6.14. The van der Waals surface area contributed by atoms with E-state index < -0.39 is 5.97 Å².